The summed E-state index contributed by atoms with van der Waals surface area (Å²) in [6, 6.07) is 16.0. The molecule has 3 rings (SSSR count). The van der Waals surface area contributed by atoms with E-state index in [2.05, 4.69) is 46.1 Å². The average molecular weight is 418 g/mol. The topological polar surface area (TPSA) is 47.4 Å². The first-order valence-corrected chi connectivity index (χ1v) is 10.5. The van der Waals surface area contributed by atoms with Crippen LogP contribution in [0.15, 0.2) is 73.8 Å². The lowest BCUT2D eigenvalue weighted by Gasteiger charge is -2.20. The van der Waals surface area contributed by atoms with Gasteiger partial charge >= 0.3 is 0 Å². The third-order valence-electron chi connectivity index (χ3n) is 5.17. The minimum atomic E-state index is -0.0151. The molecule has 0 saturated heterocycles. The van der Waals surface area contributed by atoms with Crippen LogP contribution in [0.3, 0.4) is 0 Å². The van der Waals surface area contributed by atoms with Crippen molar-refractivity contribution in [2.24, 2.45) is 0 Å². The van der Waals surface area contributed by atoms with E-state index in [9.17, 15) is 4.79 Å². The molecule has 3 aromatic rings. The molecule has 0 radical (unpaired) electrons. The fourth-order valence-electron chi connectivity index (χ4n) is 3.44. The van der Waals surface area contributed by atoms with Gasteiger partial charge in [-0.3, -0.25) is 4.79 Å². The minimum Gasteiger partial charge on any atom is -0.486 e. The van der Waals surface area contributed by atoms with Crippen LogP contribution in [0, 0.1) is 0 Å². The maximum Gasteiger partial charge on any atom is 0.243 e. The second-order valence-corrected chi connectivity index (χ2v) is 8.54. The second-order valence-electron chi connectivity index (χ2n) is 8.54. The van der Waals surface area contributed by atoms with Crippen molar-refractivity contribution in [3.63, 3.8) is 0 Å². The van der Waals surface area contributed by atoms with Crippen molar-refractivity contribution in [1.82, 2.24) is 14.5 Å². The molecule has 162 valence electrons. The van der Waals surface area contributed by atoms with E-state index in [0.717, 1.165) is 16.8 Å². The molecule has 1 aromatic heterocycles. The van der Waals surface area contributed by atoms with Gasteiger partial charge in [-0.25, -0.2) is 4.98 Å². The van der Waals surface area contributed by atoms with Gasteiger partial charge in [-0.15, -0.1) is 13.2 Å². The van der Waals surface area contributed by atoms with E-state index in [0.29, 0.717) is 18.9 Å². The van der Waals surface area contributed by atoms with E-state index in [1.165, 1.54) is 5.56 Å². The molecule has 0 aliphatic carbocycles. The molecule has 0 atom stereocenters. The quantitative estimate of drug-likeness (QED) is 0.454. The van der Waals surface area contributed by atoms with Crippen LogP contribution in [0.5, 0.6) is 5.75 Å². The molecule has 0 aliphatic heterocycles. The van der Waals surface area contributed by atoms with Crippen LogP contribution in [0.1, 0.15) is 32.2 Å². The van der Waals surface area contributed by atoms with Crippen LogP contribution in [-0.2, 0) is 23.4 Å². The van der Waals surface area contributed by atoms with Crippen molar-refractivity contribution in [3.05, 3.63) is 85.2 Å². The van der Waals surface area contributed by atoms with E-state index < -0.39 is 0 Å². The summed E-state index contributed by atoms with van der Waals surface area (Å²) in [7, 11) is 0. The highest BCUT2D eigenvalue weighted by molar-refractivity contribution is 5.81. The smallest absolute Gasteiger partial charge is 0.243 e. The Morgan fingerprint density at radius 1 is 1.06 bits per heavy atom. The molecule has 1 heterocycles. The van der Waals surface area contributed by atoms with Gasteiger partial charge in [0.2, 0.25) is 5.91 Å². The largest absolute Gasteiger partial charge is 0.486 e. The fraction of sp³-hybridized carbons (Fsp3) is 0.308. The molecule has 0 unspecified atom stereocenters. The summed E-state index contributed by atoms with van der Waals surface area (Å²) in [6.07, 6.45) is 3.44. The Morgan fingerprint density at radius 3 is 2.32 bits per heavy atom. The van der Waals surface area contributed by atoms with Gasteiger partial charge in [0, 0.05) is 13.1 Å². The van der Waals surface area contributed by atoms with Crippen molar-refractivity contribution < 1.29 is 9.53 Å². The zero-order valence-corrected chi connectivity index (χ0v) is 18.7. The van der Waals surface area contributed by atoms with Crippen molar-refractivity contribution in [1.29, 1.82) is 0 Å². The number of carbonyl (C=O) groups is 1. The van der Waals surface area contributed by atoms with Crippen LogP contribution in [-0.4, -0.2) is 33.4 Å². The Bertz CT molecular complexity index is 1050. The molecule has 0 N–H and O–H groups in total. The van der Waals surface area contributed by atoms with Crippen molar-refractivity contribution in [2.45, 2.75) is 39.3 Å². The summed E-state index contributed by atoms with van der Waals surface area (Å²) in [4.78, 5) is 19.4. The molecule has 0 fully saturated rings. The lowest BCUT2D eigenvalue weighted by atomic mass is 9.87. The maximum atomic E-state index is 12.9. The maximum absolute atomic E-state index is 12.9. The van der Waals surface area contributed by atoms with Gasteiger partial charge in [0.1, 0.15) is 24.7 Å². The zero-order chi connectivity index (χ0) is 22.4. The number of para-hydroxylation sites is 2. The van der Waals surface area contributed by atoms with E-state index >= 15 is 0 Å². The predicted molar refractivity (Wildman–Crippen MR) is 126 cm³/mol. The third kappa shape index (κ3) is 5.43. The lowest BCUT2D eigenvalue weighted by Crippen LogP contribution is -2.34. The standard InChI is InChI=1S/C26H31N3O2/c1-6-16-28(17-7-2)25(30)18-29-23-11-9-8-10-22(23)27-24(29)19-31-21-14-12-20(13-15-21)26(3,4)5/h6-15H,1-2,16-19H2,3-5H3. The molecule has 0 saturated carbocycles. The van der Waals surface area contributed by atoms with E-state index in [1.54, 1.807) is 17.1 Å². The number of rotatable bonds is 9. The normalized spacial score (nSPS) is 11.3. The zero-order valence-electron chi connectivity index (χ0n) is 18.7. The van der Waals surface area contributed by atoms with Gasteiger partial charge in [-0.05, 0) is 35.2 Å². The molecule has 0 bridgehead atoms. The van der Waals surface area contributed by atoms with Crippen LogP contribution in [0.25, 0.3) is 11.0 Å². The summed E-state index contributed by atoms with van der Waals surface area (Å²) in [5.41, 5.74) is 3.10. The van der Waals surface area contributed by atoms with Crippen molar-refractivity contribution in [3.8, 4) is 5.75 Å². The number of aromatic nitrogens is 2. The van der Waals surface area contributed by atoms with Crippen LogP contribution in [0.4, 0.5) is 0 Å². The number of carbonyl (C=O) groups excluding carboxylic acids is 1. The second kappa shape index (κ2) is 9.65. The number of fused-ring (bicyclic) bond motifs is 1. The number of imidazole rings is 1. The van der Waals surface area contributed by atoms with Gasteiger partial charge in [0.15, 0.2) is 0 Å². The number of hydrogen-bond donors (Lipinski definition) is 0. The average Bonchev–Trinajstić information content (AvgIpc) is 3.09. The Morgan fingerprint density at radius 2 is 1.71 bits per heavy atom. The first kappa shape index (κ1) is 22.3. The fourth-order valence-corrected chi connectivity index (χ4v) is 3.44. The van der Waals surface area contributed by atoms with Gasteiger partial charge in [0.05, 0.1) is 11.0 Å². The molecular formula is C26H31N3O2. The first-order valence-electron chi connectivity index (χ1n) is 10.5. The first-order chi connectivity index (χ1) is 14.8. The molecule has 31 heavy (non-hydrogen) atoms. The number of ether oxygens (including phenoxy) is 1. The highest BCUT2D eigenvalue weighted by Crippen LogP contribution is 2.25. The molecule has 0 aliphatic rings. The lowest BCUT2D eigenvalue weighted by molar-refractivity contribution is -0.130. The Kier molecular flexibility index (Phi) is 6.95. The van der Waals surface area contributed by atoms with Gasteiger partial charge in [0.25, 0.3) is 0 Å². The predicted octanol–water partition coefficient (Wildman–Crippen LogP) is 5.11. The Hall–Kier alpha value is -3.34. The SMILES string of the molecule is C=CCN(CC=C)C(=O)Cn1c(COc2ccc(C(C)(C)C)cc2)nc2ccccc21. The van der Waals surface area contributed by atoms with Gasteiger partial charge < -0.3 is 14.2 Å². The number of hydrogen-bond acceptors (Lipinski definition) is 3. The molecule has 2 aromatic carbocycles. The molecule has 0 spiro atoms. The molecule has 1 amide bonds. The number of amides is 1. The highest BCUT2D eigenvalue weighted by Gasteiger charge is 2.18. The van der Waals surface area contributed by atoms with Crippen molar-refractivity contribution in [2.75, 3.05) is 13.1 Å². The summed E-state index contributed by atoms with van der Waals surface area (Å²) >= 11 is 0. The highest BCUT2D eigenvalue weighted by atomic mass is 16.5. The van der Waals surface area contributed by atoms with E-state index in [-0.39, 0.29) is 24.5 Å². The van der Waals surface area contributed by atoms with Crippen LogP contribution in [0.2, 0.25) is 0 Å². The van der Waals surface area contributed by atoms with E-state index in [4.69, 9.17) is 9.72 Å². The Balaban J connectivity index is 1.83. The van der Waals surface area contributed by atoms with Crippen LogP contribution >= 0.6 is 0 Å². The van der Waals surface area contributed by atoms with Crippen molar-refractivity contribution >= 4 is 16.9 Å². The number of benzene rings is 2. The molecule has 5 heteroatoms. The third-order valence-corrected chi connectivity index (χ3v) is 5.17. The Labute approximate surface area is 184 Å². The van der Waals surface area contributed by atoms with Gasteiger partial charge in [-0.1, -0.05) is 57.2 Å². The molecular weight excluding hydrogens is 386 g/mol. The van der Waals surface area contributed by atoms with Gasteiger partial charge in [-0.2, -0.15) is 0 Å². The van der Waals surface area contributed by atoms with E-state index in [1.807, 2.05) is 41.0 Å². The summed E-state index contributed by atoms with van der Waals surface area (Å²) in [6.45, 7) is 15.5. The summed E-state index contributed by atoms with van der Waals surface area (Å²) in [5, 5.41) is 0. The summed E-state index contributed by atoms with van der Waals surface area (Å²) in [5.74, 6) is 1.48. The number of nitrogens with zero attached hydrogens (tertiary/aromatic N) is 3. The molecule has 5 nitrogen and oxygen atoms in total. The van der Waals surface area contributed by atoms with Crippen LogP contribution < -0.4 is 4.74 Å². The summed E-state index contributed by atoms with van der Waals surface area (Å²) < 4.78 is 7.96. The monoisotopic (exact) mass is 417 g/mol. The minimum absolute atomic E-state index is 0.0151.